The molecule has 4 aromatic rings. The maximum atomic E-state index is 12.2. The molecule has 0 bridgehead atoms. The minimum absolute atomic E-state index is 0.0928. The van der Waals surface area contributed by atoms with Crippen molar-refractivity contribution in [2.24, 2.45) is 5.92 Å². The molecule has 0 saturated carbocycles. The number of carbonyl (C=O) groups is 1. The van der Waals surface area contributed by atoms with Crippen molar-refractivity contribution < 1.29 is 4.79 Å². The summed E-state index contributed by atoms with van der Waals surface area (Å²) in [6.45, 7) is 5.95. The standard InChI is InChI=1S/C25H22ClN5OS/c1-14(2)10-21(32)31-20-12-16(6-7-28-20)23-18(13-27)22(17-5-4-15(3)11-19(17)26)24(33-23)25-29-8-9-30-25/h4-9,11-12,14H,10H2,1-3H3,(H,29,30)(H,28,31,32). The average Bonchev–Trinajstić information content (AvgIpc) is 3.41. The highest BCUT2D eigenvalue weighted by Gasteiger charge is 2.25. The minimum atomic E-state index is -0.0928. The van der Waals surface area contributed by atoms with Gasteiger partial charge < -0.3 is 10.3 Å². The second kappa shape index (κ2) is 9.57. The van der Waals surface area contributed by atoms with Crippen LogP contribution in [0.5, 0.6) is 0 Å². The third-order valence-corrected chi connectivity index (χ3v) is 6.57. The van der Waals surface area contributed by atoms with Crippen molar-refractivity contribution in [3.63, 3.8) is 0 Å². The zero-order valence-corrected chi connectivity index (χ0v) is 20.0. The molecule has 0 saturated heterocycles. The molecule has 0 atom stereocenters. The highest BCUT2D eigenvalue weighted by atomic mass is 35.5. The molecule has 6 nitrogen and oxygen atoms in total. The maximum Gasteiger partial charge on any atom is 0.225 e. The summed E-state index contributed by atoms with van der Waals surface area (Å²) in [5.41, 5.74) is 3.83. The second-order valence-electron chi connectivity index (χ2n) is 8.12. The molecule has 0 fully saturated rings. The van der Waals surface area contributed by atoms with Crippen molar-refractivity contribution in [2.45, 2.75) is 27.2 Å². The van der Waals surface area contributed by atoms with Crippen LogP contribution in [0.4, 0.5) is 5.82 Å². The number of imidazole rings is 1. The topological polar surface area (TPSA) is 94.5 Å². The fourth-order valence-corrected chi connectivity index (χ4v) is 5.13. The number of aromatic amines is 1. The van der Waals surface area contributed by atoms with Crippen LogP contribution in [-0.4, -0.2) is 20.9 Å². The van der Waals surface area contributed by atoms with Crippen molar-refractivity contribution in [2.75, 3.05) is 5.32 Å². The molecule has 166 valence electrons. The Hall–Kier alpha value is -3.47. The van der Waals surface area contributed by atoms with E-state index in [0.717, 1.165) is 32.0 Å². The molecule has 0 aliphatic heterocycles. The summed E-state index contributed by atoms with van der Waals surface area (Å²) >= 11 is 8.06. The number of benzene rings is 1. The van der Waals surface area contributed by atoms with Crippen molar-refractivity contribution in [1.82, 2.24) is 15.0 Å². The van der Waals surface area contributed by atoms with E-state index in [2.05, 4.69) is 26.3 Å². The van der Waals surface area contributed by atoms with Gasteiger partial charge in [-0.3, -0.25) is 4.79 Å². The number of nitrogens with one attached hydrogen (secondary N) is 2. The number of anilines is 1. The first kappa shape index (κ1) is 22.7. The molecule has 3 heterocycles. The lowest BCUT2D eigenvalue weighted by molar-refractivity contribution is -0.116. The third kappa shape index (κ3) is 4.82. The number of hydrogen-bond acceptors (Lipinski definition) is 5. The van der Waals surface area contributed by atoms with Gasteiger partial charge in [-0.05, 0) is 42.2 Å². The molecular weight excluding hydrogens is 454 g/mol. The van der Waals surface area contributed by atoms with Gasteiger partial charge in [0.25, 0.3) is 0 Å². The Balaban J connectivity index is 1.87. The molecule has 0 radical (unpaired) electrons. The Morgan fingerprint density at radius 1 is 1.21 bits per heavy atom. The predicted octanol–water partition coefficient (Wildman–Crippen LogP) is 6.69. The SMILES string of the molecule is Cc1ccc(-c2c(-c3ncc[nH]3)sc(-c3ccnc(NC(=O)CC(C)C)c3)c2C#N)c(Cl)c1. The van der Waals surface area contributed by atoms with E-state index in [1.54, 1.807) is 24.7 Å². The Labute approximate surface area is 201 Å². The fourth-order valence-electron chi connectivity index (χ4n) is 3.58. The minimum Gasteiger partial charge on any atom is -0.344 e. The van der Waals surface area contributed by atoms with Gasteiger partial charge in [0, 0.05) is 41.2 Å². The number of thiophene rings is 1. The van der Waals surface area contributed by atoms with E-state index in [-0.39, 0.29) is 11.8 Å². The highest BCUT2D eigenvalue weighted by Crippen LogP contribution is 2.48. The zero-order chi connectivity index (χ0) is 23.5. The molecule has 0 unspecified atom stereocenters. The molecule has 0 aliphatic carbocycles. The number of hydrogen-bond donors (Lipinski definition) is 2. The number of amides is 1. The monoisotopic (exact) mass is 475 g/mol. The van der Waals surface area contributed by atoms with Crippen LogP contribution in [0.1, 0.15) is 31.4 Å². The van der Waals surface area contributed by atoms with Gasteiger partial charge in [-0.15, -0.1) is 11.3 Å². The van der Waals surface area contributed by atoms with E-state index < -0.39 is 0 Å². The van der Waals surface area contributed by atoms with E-state index in [4.69, 9.17) is 11.6 Å². The summed E-state index contributed by atoms with van der Waals surface area (Å²) in [7, 11) is 0. The summed E-state index contributed by atoms with van der Waals surface area (Å²) in [6.07, 6.45) is 5.46. The van der Waals surface area contributed by atoms with E-state index in [0.29, 0.717) is 28.6 Å². The summed E-state index contributed by atoms with van der Waals surface area (Å²) in [5.74, 6) is 1.26. The quantitative estimate of drug-likeness (QED) is 0.325. The first-order valence-electron chi connectivity index (χ1n) is 10.5. The van der Waals surface area contributed by atoms with Crippen LogP contribution in [-0.2, 0) is 4.79 Å². The van der Waals surface area contributed by atoms with Crippen LogP contribution >= 0.6 is 22.9 Å². The number of pyridine rings is 1. The number of rotatable bonds is 6. The summed E-state index contributed by atoms with van der Waals surface area (Å²) in [6, 6.07) is 11.8. The smallest absolute Gasteiger partial charge is 0.225 e. The van der Waals surface area contributed by atoms with Crippen LogP contribution < -0.4 is 5.32 Å². The van der Waals surface area contributed by atoms with Crippen LogP contribution in [0.3, 0.4) is 0 Å². The van der Waals surface area contributed by atoms with Gasteiger partial charge in [0.1, 0.15) is 17.7 Å². The van der Waals surface area contributed by atoms with Crippen molar-refractivity contribution in [1.29, 1.82) is 5.26 Å². The Morgan fingerprint density at radius 2 is 2.03 bits per heavy atom. The van der Waals surface area contributed by atoms with E-state index in [1.165, 1.54) is 11.3 Å². The van der Waals surface area contributed by atoms with Crippen molar-refractivity contribution >= 4 is 34.7 Å². The molecule has 33 heavy (non-hydrogen) atoms. The number of nitrogens with zero attached hydrogens (tertiary/aromatic N) is 3. The van der Waals surface area contributed by atoms with Crippen LogP contribution in [0.25, 0.3) is 32.3 Å². The molecular formula is C25H22ClN5OS. The fraction of sp³-hybridized carbons (Fsp3) is 0.200. The van der Waals surface area contributed by atoms with Gasteiger partial charge in [0.2, 0.25) is 5.91 Å². The Bertz CT molecular complexity index is 1350. The van der Waals surface area contributed by atoms with Gasteiger partial charge in [0.05, 0.1) is 15.3 Å². The molecule has 1 aromatic carbocycles. The van der Waals surface area contributed by atoms with Crippen molar-refractivity contribution in [3.8, 4) is 38.3 Å². The summed E-state index contributed by atoms with van der Waals surface area (Å²) < 4.78 is 0. The molecule has 8 heteroatoms. The lowest BCUT2D eigenvalue weighted by Gasteiger charge is -2.08. The number of aryl methyl sites for hydroxylation is 1. The Kier molecular flexibility index (Phi) is 6.59. The summed E-state index contributed by atoms with van der Waals surface area (Å²) in [5, 5.41) is 13.6. The van der Waals surface area contributed by atoms with Crippen molar-refractivity contribution in [3.05, 3.63) is 65.1 Å². The van der Waals surface area contributed by atoms with Gasteiger partial charge in [-0.25, -0.2) is 9.97 Å². The van der Waals surface area contributed by atoms with Gasteiger partial charge in [-0.2, -0.15) is 5.26 Å². The van der Waals surface area contributed by atoms with Gasteiger partial charge >= 0.3 is 0 Å². The van der Waals surface area contributed by atoms with Gasteiger partial charge in [-0.1, -0.05) is 37.6 Å². The van der Waals surface area contributed by atoms with E-state index in [1.807, 2.05) is 45.0 Å². The largest absolute Gasteiger partial charge is 0.344 e. The zero-order valence-electron chi connectivity index (χ0n) is 18.4. The first-order chi connectivity index (χ1) is 15.9. The Morgan fingerprint density at radius 3 is 2.70 bits per heavy atom. The molecule has 0 spiro atoms. The highest BCUT2D eigenvalue weighted by molar-refractivity contribution is 7.19. The summed E-state index contributed by atoms with van der Waals surface area (Å²) in [4.78, 5) is 25.7. The molecule has 3 aromatic heterocycles. The van der Waals surface area contributed by atoms with E-state index >= 15 is 0 Å². The number of H-pyrrole nitrogens is 1. The van der Waals surface area contributed by atoms with Crippen LogP contribution in [0.15, 0.2) is 48.9 Å². The normalized spacial score (nSPS) is 10.9. The lowest BCUT2D eigenvalue weighted by Crippen LogP contribution is -2.14. The number of aromatic nitrogens is 3. The maximum absolute atomic E-state index is 12.2. The number of halogens is 1. The second-order valence-corrected chi connectivity index (χ2v) is 9.55. The third-order valence-electron chi connectivity index (χ3n) is 5.01. The first-order valence-corrected chi connectivity index (χ1v) is 11.7. The molecule has 1 amide bonds. The lowest BCUT2D eigenvalue weighted by atomic mass is 9.97. The van der Waals surface area contributed by atoms with Gasteiger partial charge in [0.15, 0.2) is 0 Å². The van der Waals surface area contributed by atoms with Crippen LogP contribution in [0, 0.1) is 24.2 Å². The number of carbonyl (C=O) groups excluding carboxylic acids is 1. The molecule has 0 aliphatic rings. The molecule has 4 rings (SSSR count). The average molecular weight is 476 g/mol. The predicted molar refractivity (Wildman–Crippen MR) is 133 cm³/mol. The van der Waals surface area contributed by atoms with E-state index in [9.17, 15) is 10.1 Å². The molecule has 2 N–H and O–H groups in total. The number of nitriles is 1. The van der Waals surface area contributed by atoms with Crippen LogP contribution in [0.2, 0.25) is 5.02 Å².